The molecule has 10 heteroatoms. The van der Waals surface area contributed by atoms with Crippen LogP contribution in [0, 0.1) is 5.82 Å². The third-order valence-corrected chi connectivity index (χ3v) is 8.78. The molecule has 0 aliphatic carbocycles. The lowest BCUT2D eigenvalue weighted by atomic mass is 10.1. The van der Waals surface area contributed by atoms with Crippen molar-refractivity contribution >= 4 is 57.4 Å². The number of carbonyl (C=O) groups is 1. The predicted octanol–water partition coefficient (Wildman–Crippen LogP) is 5.72. The Morgan fingerprint density at radius 1 is 0.950 bits per heavy atom. The van der Waals surface area contributed by atoms with Crippen LogP contribution < -0.4 is 15.4 Å². The second-order valence-corrected chi connectivity index (χ2v) is 11.8. The molecule has 2 aliphatic rings. The number of thiocarbonyl (C=S) groups is 1. The van der Waals surface area contributed by atoms with E-state index in [1.807, 2.05) is 17.0 Å². The zero-order chi connectivity index (χ0) is 28.1. The molecule has 2 saturated heterocycles. The highest BCUT2D eigenvalue weighted by Crippen LogP contribution is 2.34. The fourth-order valence-corrected chi connectivity index (χ4v) is 6.49. The van der Waals surface area contributed by atoms with Crippen LogP contribution in [0.25, 0.3) is 11.7 Å². The third-order valence-electron chi connectivity index (χ3n) is 7.41. The second kappa shape index (κ2) is 13.0. The zero-order valence-electron chi connectivity index (χ0n) is 22.7. The van der Waals surface area contributed by atoms with Crippen LogP contribution in [0.3, 0.4) is 0 Å². The van der Waals surface area contributed by atoms with Crippen molar-refractivity contribution in [3.05, 3.63) is 75.3 Å². The smallest absolute Gasteiger partial charge is 0.267 e. The molecule has 3 aromatic rings. The first-order valence-corrected chi connectivity index (χ1v) is 15.2. The highest BCUT2D eigenvalue weighted by atomic mass is 32.2. The molecule has 0 unspecified atom stereocenters. The number of para-hydroxylation sites is 1. The first kappa shape index (κ1) is 28.3. The maximum Gasteiger partial charge on any atom is 0.267 e. The molecule has 0 atom stereocenters. The number of nitrogens with zero attached hydrogens (tertiary/aromatic N) is 5. The van der Waals surface area contributed by atoms with Gasteiger partial charge in [-0.1, -0.05) is 81.2 Å². The van der Waals surface area contributed by atoms with Gasteiger partial charge in [0, 0.05) is 38.9 Å². The van der Waals surface area contributed by atoms with Gasteiger partial charge in [-0.15, -0.1) is 0 Å². The Morgan fingerprint density at radius 2 is 1.65 bits per heavy atom. The van der Waals surface area contributed by atoms with Gasteiger partial charge in [0.05, 0.1) is 16.2 Å². The number of piperazine rings is 1. The Morgan fingerprint density at radius 3 is 2.42 bits per heavy atom. The van der Waals surface area contributed by atoms with E-state index >= 15 is 0 Å². The number of anilines is 2. The monoisotopic (exact) mass is 579 g/mol. The Bertz CT molecular complexity index is 1480. The maximum atomic E-state index is 14.4. The fourth-order valence-electron chi connectivity index (χ4n) is 5.20. The van der Waals surface area contributed by atoms with Crippen molar-refractivity contribution in [3.8, 4) is 0 Å². The Labute approximate surface area is 243 Å². The number of benzene rings is 1. The largest absolute Gasteiger partial charge is 0.366 e. The minimum atomic E-state index is -0.248. The van der Waals surface area contributed by atoms with Crippen LogP contribution in [0.4, 0.5) is 15.9 Å². The highest BCUT2D eigenvalue weighted by molar-refractivity contribution is 8.26. The minimum Gasteiger partial charge on any atom is -0.366 e. The van der Waals surface area contributed by atoms with E-state index in [-0.39, 0.29) is 17.3 Å². The number of fused-ring (bicyclic) bond motifs is 1. The lowest BCUT2D eigenvalue weighted by Gasteiger charge is -2.37. The molecule has 40 heavy (non-hydrogen) atoms. The molecule has 210 valence electrons. The van der Waals surface area contributed by atoms with Crippen molar-refractivity contribution in [2.45, 2.75) is 45.4 Å². The number of hydrogen-bond donors (Lipinski definition) is 0. The zero-order valence-corrected chi connectivity index (χ0v) is 24.4. The number of rotatable bonds is 10. The van der Waals surface area contributed by atoms with E-state index in [9.17, 15) is 14.0 Å². The molecule has 5 rings (SSSR count). The van der Waals surface area contributed by atoms with E-state index in [0.29, 0.717) is 64.7 Å². The fraction of sp³-hybridized carbons (Fsp3) is 0.400. The molecule has 4 heterocycles. The summed E-state index contributed by atoms with van der Waals surface area (Å²) < 4.78 is 16.4. The molecular formula is C30H34FN5O2S2. The first-order valence-electron chi connectivity index (χ1n) is 14.0. The van der Waals surface area contributed by atoms with Gasteiger partial charge in [-0.25, -0.2) is 9.37 Å². The summed E-state index contributed by atoms with van der Waals surface area (Å²) in [5.41, 5.74) is 1.23. The lowest BCUT2D eigenvalue weighted by molar-refractivity contribution is -0.122. The normalized spacial score (nSPS) is 17.1. The van der Waals surface area contributed by atoms with Crippen molar-refractivity contribution in [2.75, 3.05) is 42.5 Å². The number of halogens is 1. The van der Waals surface area contributed by atoms with Gasteiger partial charge in [0.25, 0.3) is 11.5 Å². The van der Waals surface area contributed by atoms with Gasteiger partial charge < -0.3 is 9.80 Å². The van der Waals surface area contributed by atoms with E-state index in [2.05, 4.69) is 11.8 Å². The van der Waals surface area contributed by atoms with Gasteiger partial charge in [0.2, 0.25) is 0 Å². The lowest BCUT2D eigenvalue weighted by Crippen LogP contribution is -2.47. The van der Waals surface area contributed by atoms with Gasteiger partial charge in [0.15, 0.2) is 0 Å². The minimum absolute atomic E-state index is 0.156. The van der Waals surface area contributed by atoms with Crippen LogP contribution in [0.15, 0.2) is 58.4 Å². The Kier molecular flexibility index (Phi) is 9.16. The molecule has 7 nitrogen and oxygen atoms in total. The van der Waals surface area contributed by atoms with E-state index < -0.39 is 0 Å². The van der Waals surface area contributed by atoms with Gasteiger partial charge in [-0.3, -0.25) is 18.9 Å². The standard InChI is InChI=1S/C30H34FN5O2S2/c1-2-3-4-5-6-10-16-36-29(38)25(40-30(36)39)21-22-27(32-26-14-9-11-15-35(26)28(22)37)34-19-17-33(18-20-34)24-13-8-7-12-23(24)31/h7-9,11-15,21H,2-6,10,16-20H2,1H3. The average molecular weight is 580 g/mol. The molecule has 0 spiro atoms. The topological polar surface area (TPSA) is 61.2 Å². The summed E-state index contributed by atoms with van der Waals surface area (Å²) >= 11 is 6.79. The van der Waals surface area contributed by atoms with E-state index in [1.54, 1.807) is 41.4 Å². The van der Waals surface area contributed by atoms with Crippen molar-refractivity contribution in [3.63, 3.8) is 0 Å². The van der Waals surface area contributed by atoms with Crippen LogP contribution in [0.1, 0.15) is 51.0 Å². The summed E-state index contributed by atoms with van der Waals surface area (Å²) in [7, 11) is 0. The van der Waals surface area contributed by atoms with Gasteiger partial charge >= 0.3 is 0 Å². The first-order chi connectivity index (χ1) is 19.5. The molecule has 0 saturated carbocycles. The molecule has 2 fully saturated rings. The van der Waals surface area contributed by atoms with Crippen molar-refractivity contribution < 1.29 is 9.18 Å². The molecule has 2 aliphatic heterocycles. The molecule has 0 radical (unpaired) electrons. The predicted molar refractivity (Wildman–Crippen MR) is 166 cm³/mol. The van der Waals surface area contributed by atoms with E-state index in [1.165, 1.54) is 41.5 Å². The quantitative estimate of drug-likeness (QED) is 0.173. The number of unbranched alkanes of at least 4 members (excludes halogenated alkanes) is 5. The van der Waals surface area contributed by atoms with Crippen LogP contribution in [-0.4, -0.2) is 57.2 Å². The van der Waals surface area contributed by atoms with E-state index in [4.69, 9.17) is 17.2 Å². The number of carbonyl (C=O) groups excluding carboxylic acids is 1. The summed E-state index contributed by atoms with van der Waals surface area (Å²) in [6.07, 6.45) is 10.1. The summed E-state index contributed by atoms with van der Waals surface area (Å²) in [6.45, 7) is 5.06. The summed E-state index contributed by atoms with van der Waals surface area (Å²) in [5, 5.41) is 0. The van der Waals surface area contributed by atoms with Gasteiger partial charge in [-0.05, 0) is 36.8 Å². The van der Waals surface area contributed by atoms with Crippen LogP contribution >= 0.6 is 24.0 Å². The number of amides is 1. The van der Waals surface area contributed by atoms with Crippen molar-refractivity contribution in [2.24, 2.45) is 0 Å². The average Bonchev–Trinajstić information content (AvgIpc) is 3.24. The van der Waals surface area contributed by atoms with Gasteiger partial charge in [-0.2, -0.15) is 0 Å². The van der Waals surface area contributed by atoms with Crippen LogP contribution in [-0.2, 0) is 4.79 Å². The molecular weight excluding hydrogens is 545 g/mol. The van der Waals surface area contributed by atoms with Crippen LogP contribution in [0.5, 0.6) is 0 Å². The summed E-state index contributed by atoms with van der Waals surface area (Å²) in [4.78, 5) is 38.1. The maximum absolute atomic E-state index is 14.4. The molecule has 1 amide bonds. The molecule has 0 bridgehead atoms. The Balaban J connectivity index is 1.39. The SMILES string of the molecule is CCCCCCCCN1C(=O)C(=Cc2c(N3CCN(c4ccccc4F)CC3)nc3ccccn3c2=O)SC1=S. The number of pyridine rings is 1. The van der Waals surface area contributed by atoms with Crippen LogP contribution in [0.2, 0.25) is 0 Å². The van der Waals surface area contributed by atoms with E-state index in [0.717, 1.165) is 19.3 Å². The summed E-state index contributed by atoms with van der Waals surface area (Å²) in [5.74, 6) is 0.128. The number of aromatic nitrogens is 2. The highest BCUT2D eigenvalue weighted by Gasteiger charge is 2.33. The third kappa shape index (κ3) is 6.07. The number of thioether (sulfide) groups is 1. The molecule has 2 aromatic heterocycles. The second-order valence-electron chi connectivity index (χ2n) is 10.1. The molecule has 0 N–H and O–H groups in total. The van der Waals surface area contributed by atoms with Crippen molar-refractivity contribution in [1.82, 2.24) is 14.3 Å². The number of hydrogen-bond acceptors (Lipinski definition) is 7. The Hall–Kier alpha value is -3.24. The van der Waals surface area contributed by atoms with Gasteiger partial charge in [0.1, 0.15) is 21.6 Å². The van der Waals surface area contributed by atoms with Crippen molar-refractivity contribution in [1.29, 1.82) is 0 Å². The molecule has 1 aromatic carbocycles. The summed E-state index contributed by atoms with van der Waals surface area (Å²) in [6, 6.07) is 12.2.